The highest BCUT2D eigenvalue weighted by atomic mass is 19.1. The zero-order chi connectivity index (χ0) is 13.9. The third kappa shape index (κ3) is 2.36. The van der Waals surface area contributed by atoms with Crippen LogP contribution in [-0.4, -0.2) is 11.7 Å². The van der Waals surface area contributed by atoms with E-state index >= 15 is 0 Å². The number of oxime groups is 1. The van der Waals surface area contributed by atoms with Gasteiger partial charge < -0.3 is 4.84 Å². The van der Waals surface area contributed by atoms with Gasteiger partial charge in [-0.15, -0.1) is 0 Å². The normalized spacial score (nSPS) is 16.1. The Morgan fingerprint density at radius 2 is 1.70 bits per heavy atom. The molecule has 0 amide bonds. The summed E-state index contributed by atoms with van der Waals surface area (Å²) in [4.78, 5) is 16.5. The molecule has 2 aromatic rings. The van der Waals surface area contributed by atoms with Crippen molar-refractivity contribution >= 4 is 17.8 Å². The maximum atomic E-state index is 12.9. The first-order valence-electron chi connectivity index (χ1n) is 6.06. The number of hydrogen-bond donors (Lipinski definition) is 0. The van der Waals surface area contributed by atoms with Crippen molar-refractivity contribution in [2.24, 2.45) is 5.16 Å². The summed E-state index contributed by atoms with van der Waals surface area (Å²) in [6.07, 6.45) is 1.64. The Morgan fingerprint density at radius 1 is 1.00 bits per heavy atom. The van der Waals surface area contributed by atoms with Crippen LogP contribution in [0.15, 0.2) is 65.3 Å². The second kappa shape index (κ2) is 5.09. The largest absolute Gasteiger partial charge is 0.368 e. The van der Waals surface area contributed by atoms with E-state index < -0.39 is 5.97 Å². The zero-order valence-corrected chi connectivity index (χ0v) is 10.4. The fourth-order valence-corrected chi connectivity index (χ4v) is 1.94. The Hall–Kier alpha value is -2.75. The third-order valence-corrected chi connectivity index (χ3v) is 2.92. The number of hydrogen-bond acceptors (Lipinski definition) is 3. The van der Waals surface area contributed by atoms with Crippen molar-refractivity contribution in [3.63, 3.8) is 0 Å². The van der Waals surface area contributed by atoms with E-state index in [1.54, 1.807) is 18.2 Å². The summed E-state index contributed by atoms with van der Waals surface area (Å²) in [5, 5.41) is 3.81. The van der Waals surface area contributed by atoms with Gasteiger partial charge in [0.1, 0.15) is 11.5 Å². The number of carbonyl (C=O) groups excluding carboxylic acids is 1. The molecule has 0 atom stereocenters. The summed E-state index contributed by atoms with van der Waals surface area (Å²) in [5.41, 5.74) is 2.36. The molecule has 1 heterocycles. The number of carbonyl (C=O) groups is 1. The minimum absolute atomic E-state index is 0.321. The second-order valence-electron chi connectivity index (χ2n) is 4.29. The Balaban J connectivity index is 2.00. The molecule has 98 valence electrons. The van der Waals surface area contributed by atoms with Crippen LogP contribution in [-0.2, 0) is 9.63 Å². The summed E-state index contributed by atoms with van der Waals surface area (Å²) < 4.78 is 12.9. The summed E-state index contributed by atoms with van der Waals surface area (Å²) in [7, 11) is 0. The van der Waals surface area contributed by atoms with E-state index in [9.17, 15) is 9.18 Å². The van der Waals surface area contributed by atoms with Gasteiger partial charge in [0.05, 0.1) is 5.57 Å². The van der Waals surface area contributed by atoms with Gasteiger partial charge in [-0.1, -0.05) is 47.6 Å². The van der Waals surface area contributed by atoms with Gasteiger partial charge in [-0.3, -0.25) is 0 Å². The Labute approximate surface area is 115 Å². The predicted octanol–water partition coefficient (Wildman–Crippen LogP) is 3.17. The molecule has 0 aromatic heterocycles. The van der Waals surface area contributed by atoms with Crippen LogP contribution in [0.1, 0.15) is 11.1 Å². The minimum atomic E-state index is -0.506. The lowest BCUT2D eigenvalue weighted by Crippen LogP contribution is -2.06. The minimum Gasteiger partial charge on any atom is -0.312 e. The van der Waals surface area contributed by atoms with E-state index in [1.165, 1.54) is 12.1 Å². The number of rotatable bonds is 2. The first-order valence-corrected chi connectivity index (χ1v) is 6.06. The molecule has 0 bridgehead atoms. The van der Waals surface area contributed by atoms with Gasteiger partial charge in [0.25, 0.3) is 0 Å². The van der Waals surface area contributed by atoms with Crippen molar-refractivity contribution in [2.75, 3.05) is 0 Å². The molecule has 1 aliphatic heterocycles. The van der Waals surface area contributed by atoms with Gasteiger partial charge in [0, 0.05) is 5.56 Å². The molecule has 4 heteroatoms. The Bertz CT molecular complexity index is 703. The van der Waals surface area contributed by atoms with Gasteiger partial charge >= 0.3 is 5.97 Å². The molecule has 0 spiro atoms. The fourth-order valence-electron chi connectivity index (χ4n) is 1.94. The van der Waals surface area contributed by atoms with Crippen LogP contribution < -0.4 is 0 Å². The SMILES string of the molecule is O=C1ON=C(c2ccccc2)C1=Cc1ccc(F)cc1. The summed E-state index contributed by atoms with van der Waals surface area (Å²) >= 11 is 0. The van der Waals surface area contributed by atoms with Crippen LogP contribution in [0.4, 0.5) is 4.39 Å². The van der Waals surface area contributed by atoms with E-state index in [0.29, 0.717) is 16.8 Å². The molecule has 2 aromatic carbocycles. The first kappa shape index (κ1) is 12.3. The van der Waals surface area contributed by atoms with Crippen molar-refractivity contribution in [2.45, 2.75) is 0 Å². The van der Waals surface area contributed by atoms with Gasteiger partial charge in [0.2, 0.25) is 0 Å². The molecule has 3 rings (SSSR count). The monoisotopic (exact) mass is 267 g/mol. The topological polar surface area (TPSA) is 38.7 Å². The smallest absolute Gasteiger partial charge is 0.312 e. The standard InChI is InChI=1S/C16H10FNO2/c17-13-8-6-11(7-9-13)10-14-15(18-20-16(14)19)12-4-2-1-3-5-12/h1-10H. The van der Waals surface area contributed by atoms with E-state index in [0.717, 1.165) is 5.56 Å². The molecule has 0 N–H and O–H groups in total. The van der Waals surface area contributed by atoms with Crippen molar-refractivity contribution in [3.05, 3.63) is 77.1 Å². The average Bonchev–Trinajstić information content (AvgIpc) is 2.84. The van der Waals surface area contributed by atoms with Crippen LogP contribution in [0, 0.1) is 5.82 Å². The summed E-state index contributed by atoms with van der Waals surface area (Å²) in [6.45, 7) is 0. The lowest BCUT2D eigenvalue weighted by molar-refractivity contribution is -0.136. The van der Waals surface area contributed by atoms with Gasteiger partial charge in [-0.25, -0.2) is 9.18 Å². The van der Waals surface area contributed by atoms with E-state index in [4.69, 9.17) is 4.84 Å². The first-order chi connectivity index (χ1) is 9.74. The second-order valence-corrected chi connectivity index (χ2v) is 4.29. The molecule has 20 heavy (non-hydrogen) atoms. The number of benzene rings is 2. The van der Waals surface area contributed by atoms with Crippen molar-refractivity contribution in [1.29, 1.82) is 0 Å². The molecule has 0 unspecified atom stereocenters. The molecule has 0 aliphatic carbocycles. The van der Waals surface area contributed by atoms with Crippen LogP contribution in [0.5, 0.6) is 0 Å². The lowest BCUT2D eigenvalue weighted by Gasteiger charge is -2.00. The van der Waals surface area contributed by atoms with Gasteiger partial charge in [0.15, 0.2) is 0 Å². The van der Waals surface area contributed by atoms with Crippen molar-refractivity contribution in [1.82, 2.24) is 0 Å². The molecular weight excluding hydrogens is 257 g/mol. The average molecular weight is 267 g/mol. The summed E-state index contributed by atoms with van der Waals surface area (Å²) in [6, 6.07) is 15.2. The highest BCUT2D eigenvalue weighted by Crippen LogP contribution is 2.20. The van der Waals surface area contributed by atoms with E-state index in [1.807, 2.05) is 30.3 Å². The lowest BCUT2D eigenvalue weighted by atomic mass is 10.0. The number of nitrogens with zero attached hydrogens (tertiary/aromatic N) is 1. The van der Waals surface area contributed by atoms with Crippen molar-refractivity contribution < 1.29 is 14.0 Å². The van der Waals surface area contributed by atoms with Crippen LogP contribution in [0.2, 0.25) is 0 Å². The maximum Gasteiger partial charge on any atom is 0.368 e. The molecule has 0 radical (unpaired) electrons. The molecule has 3 nitrogen and oxygen atoms in total. The van der Waals surface area contributed by atoms with Gasteiger partial charge in [-0.2, -0.15) is 0 Å². The van der Waals surface area contributed by atoms with Gasteiger partial charge in [-0.05, 0) is 23.8 Å². The highest BCUT2D eigenvalue weighted by Gasteiger charge is 2.26. The third-order valence-electron chi connectivity index (χ3n) is 2.92. The molecule has 0 saturated carbocycles. The van der Waals surface area contributed by atoms with E-state index in [2.05, 4.69) is 5.16 Å². The predicted molar refractivity (Wildman–Crippen MR) is 73.4 cm³/mol. The Morgan fingerprint density at radius 3 is 2.40 bits per heavy atom. The summed E-state index contributed by atoms with van der Waals surface area (Å²) in [5.74, 6) is -0.828. The number of halogens is 1. The van der Waals surface area contributed by atoms with Crippen LogP contribution in [0.3, 0.4) is 0 Å². The van der Waals surface area contributed by atoms with Crippen LogP contribution >= 0.6 is 0 Å². The molecule has 0 saturated heterocycles. The molecule has 0 fully saturated rings. The zero-order valence-electron chi connectivity index (χ0n) is 10.4. The fraction of sp³-hybridized carbons (Fsp3) is 0. The molecular formula is C16H10FNO2. The van der Waals surface area contributed by atoms with E-state index in [-0.39, 0.29) is 5.82 Å². The van der Waals surface area contributed by atoms with Crippen LogP contribution in [0.25, 0.3) is 6.08 Å². The maximum absolute atomic E-state index is 12.9. The Kier molecular flexibility index (Phi) is 3.13. The quantitative estimate of drug-likeness (QED) is 0.619. The van der Waals surface area contributed by atoms with Crippen molar-refractivity contribution in [3.8, 4) is 0 Å². The highest BCUT2D eigenvalue weighted by molar-refractivity contribution is 6.31. The molecule has 1 aliphatic rings.